The van der Waals surface area contributed by atoms with Crippen molar-refractivity contribution in [3.63, 3.8) is 0 Å². The molecule has 1 aliphatic heterocycles. The largest absolute Gasteiger partial charge is 0.268 e. The number of pyridine rings is 1. The lowest BCUT2D eigenvalue weighted by atomic mass is 9.85. The number of rotatable bonds is 4. The molecule has 0 spiro atoms. The van der Waals surface area contributed by atoms with Crippen LogP contribution in [-0.4, -0.2) is 11.2 Å². The minimum atomic E-state index is 0.276. The second-order valence-corrected chi connectivity index (χ2v) is 11.8. The predicted octanol–water partition coefficient (Wildman–Crippen LogP) is 10.2. The van der Waals surface area contributed by atoms with Gasteiger partial charge in [0.1, 0.15) is 0 Å². The van der Waals surface area contributed by atoms with Crippen LogP contribution in [0.4, 0.5) is 0 Å². The van der Waals surface area contributed by atoms with Crippen molar-refractivity contribution in [1.29, 1.82) is 0 Å². The van der Waals surface area contributed by atoms with Crippen molar-refractivity contribution >= 4 is 49.7 Å². The summed E-state index contributed by atoms with van der Waals surface area (Å²) in [4.78, 5) is 8.79. The van der Waals surface area contributed by atoms with Crippen LogP contribution in [0, 0.1) is 5.92 Å². The first-order valence-electron chi connectivity index (χ1n) is 14.8. The predicted molar refractivity (Wildman–Crippen MR) is 177 cm³/mol. The van der Waals surface area contributed by atoms with Crippen molar-refractivity contribution in [2.75, 3.05) is 0 Å². The maximum Gasteiger partial charge on any atom is 0.0302 e. The number of allylic oxidation sites excluding steroid dienone is 5. The molecule has 0 amide bonds. The highest BCUT2D eigenvalue weighted by Gasteiger charge is 2.33. The van der Waals surface area contributed by atoms with E-state index in [2.05, 4.69) is 125 Å². The third-order valence-corrected chi connectivity index (χ3v) is 9.28. The van der Waals surface area contributed by atoms with E-state index in [1.165, 1.54) is 77.7 Å². The first kappa shape index (κ1) is 23.6. The molecule has 2 atom stereocenters. The summed E-state index contributed by atoms with van der Waals surface area (Å²) in [5, 5.41) is 7.80. The molecule has 2 nitrogen and oxygen atoms in total. The number of aromatic nitrogens is 1. The number of nitrogens with zero attached hydrogens (tertiary/aromatic N) is 2. The fourth-order valence-corrected chi connectivity index (χ4v) is 7.08. The van der Waals surface area contributed by atoms with Crippen molar-refractivity contribution in [2.24, 2.45) is 10.9 Å². The molecule has 42 heavy (non-hydrogen) atoms. The third-order valence-electron chi connectivity index (χ3n) is 9.28. The Kier molecular flexibility index (Phi) is 5.18. The number of fused-ring (bicyclic) bond motifs is 4. The van der Waals surface area contributed by atoms with Gasteiger partial charge >= 0.3 is 0 Å². The number of aliphatic imine (C=N–C) groups is 1. The minimum Gasteiger partial charge on any atom is -0.268 e. The number of hydrogen-bond donors (Lipinski definition) is 0. The Morgan fingerprint density at radius 3 is 1.90 bits per heavy atom. The lowest BCUT2D eigenvalue weighted by Gasteiger charge is -2.19. The lowest BCUT2D eigenvalue weighted by Crippen LogP contribution is -2.05. The molecule has 0 bridgehead atoms. The van der Waals surface area contributed by atoms with E-state index in [0.29, 0.717) is 5.92 Å². The molecule has 0 radical (unpaired) electrons. The average molecular weight is 537 g/mol. The topological polar surface area (TPSA) is 25.2 Å². The molecule has 1 saturated carbocycles. The second-order valence-electron chi connectivity index (χ2n) is 11.8. The molecule has 9 rings (SSSR count). The Morgan fingerprint density at radius 1 is 0.595 bits per heavy atom. The van der Waals surface area contributed by atoms with Crippen molar-refractivity contribution in [3.05, 3.63) is 150 Å². The maximum atomic E-state index is 4.61. The highest BCUT2D eigenvalue weighted by Crippen LogP contribution is 2.51. The second kappa shape index (κ2) is 9.22. The van der Waals surface area contributed by atoms with Crippen LogP contribution in [0.5, 0.6) is 0 Å². The first-order chi connectivity index (χ1) is 20.8. The lowest BCUT2D eigenvalue weighted by molar-refractivity contribution is 0.920. The van der Waals surface area contributed by atoms with Gasteiger partial charge in [0.05, 0.1) is 0 Å². The summed E-state index contributed by atoms with van der Waals surface area (Å²) in [6.45, 7) is 0. The standard InChI is InChI=1S/C40H28N2/c1-3-7-37-35(5-1)39(36-6-2-4-8-38(36)40(37)32-20-30-19-31(30)21-32)29-12-11-26-17-28(10-9-27(26)18-29)34-22-33(23-42-24-34)25-13-15-41-16-14-25/h1-18,20-21,23-24,30,33H,19,22H2. The summed E-state index contributed by atoms with van der Waals surface area (Å²) < 4.78 is 0. The van der Waals surface area contributed by atoms with Crippen LogP contribution in [-0.2, 0) is 0 Å². The van der Waals surface area contributed by atoms with E-state index >= 15 is 0 Å². The molecule has 2 heteroatoms. The fraction of sp³-hybridized carbons (Fsp3) is 0.100. The van der Waals surface area contributed by atoms with Gasteiger partial charge in [-0.1, -0.05) is 90.5 Å². The van der Waals surface area contributed by atoms with Gasteiger partial charge in [0.25, 0.3) is 0 Å². The quantitative estimate of drug-likeness (QED) is 0.206. The molecule has 198 valence electrons. The van der Waals surface area contributed by atoms with Crippen LogP contribution in [0.1, 0.15) is 35.4 Å². The Hall–Kier alpha value is -5.08. The summed E-state index contributed by atoms with van der Waals surface area (Å²) in [7, 11) is 0. The van der Waals surface area contributed by atoms with Gasteiger partial charge in [-0.2, -0.15) is 0 Å². The molecule has 0 saturated heterocycles. The summed E-state index contributed by atoms with van der Waals surface area (Å²) in [5.74, 6) is 0.942. The van der Waals surface area contributed by atoms with Crippen molar-refractivity contribution in [2.45, 2.75) is 18.8 Å². The molecule has 5 aromatic carbocycles. The van der Waals surface area contributed by atoms with Gasteiger partial charge in [-0.05, 0) is 108 Å². The van der Waals surface area contributed by atoms with E-state index in [4.69, 9.17) is 0 Å². The van der Waals surface area contributed by atoms with Gasteiger partial charge in [-0.3, -0.25) is 9.98 Å². The number of benzene rings is 5. The van der Waals surface area contributed by atoms with E-state index in [9.17, 15) is 0 Å². The molecule has 2 unspecified atom stereocenters. The van der Waals surface area contributed by atoms with Gasteiger partial charge in [-0.15, -0.1) is 0 Å². The normalized spacial score (nSPS) is 19.1. The van der Waals surface area contributed by atoms with Crippen LogP contribution in [0.2, 0.25) is 0 Å². The van der Waals surface area contributed by atoms with Crippen molar-refractivity contribution in [3.8, 4) is 11.1 Å². The molecular weight excluding hydrogens is 508 g/mol. The van der Waals surface area contributed by atoms with Gasteiger partial charge < -0.3 is 0 Å². The van der Waals surface area contributed by atoms with Crippen LogP contribution < -0.4 is 0 Å². The van der Waals surface area contributed by atoms with Crippen molar-refractivity contribution in [1.82, 2.24) is 4.98 Å². The van der Waals surface area contributed by atoms with Gasteiger partial charge in [0, 0.05) is 36.6 Å². The smallest absolute Gasteiger partial charge is 0.0302 e. The highest BCUT2D eigenvalue weighted by atomic mass is 14.7. The summed E-state index contributed by atoms with van der Waals surface area (Å²) in [6.07, 6.45) is 14.9. The van der Waals surface area contributed by atoms with E-state index in [0.717, 1.165) is 6.42 Å². The molecule has 0 N–H and O–H groups in total. The van der Waals surface area contributed by atoms with Crippen LogP contribution in [0.3, 0.4) is 0 Å². The highest BCUT2D eigenvalue weighted by molar-refractivity contribution is 6.20. The van der Waals surface area contributed by atoms with Crippen LogP contribution >= 0.6 is 0 Å². The molecule has 6 aromatic rings. The minimum absolute atomic E-state index is 0.276. The average Bonchev–Trinajstić information content (AvgIpc) is 3.67. The van der Waals surface area contributed by atoms with Gasteiger partial charge in [0.2, 0.25) is 0 Å². The molecule has 2 heterocycles. The SMILES string of the molecule is C1=NC=C(c2ccc3cc(-c4c5ccccc5c(C5=CC6CC6=C5)c5ccccc45)ccc3c2)CC1c1ccncc1. The Balaban J connectivity index is 1.15. The van der Waals surface area contributed by atoms with Crippen molar-refractivity contribution < 1.29 is 0 Å². The molecular formula is C40H28N2. The molecule has 3 aliphatic rings. The maximum absolute atomic E-state index is 4.61. The van der Waals surface area contributed by atoms with Gasteiger partial charge in [-0.25, -0.2) is 0 Å². The first-order valence-corrected chi connectivity index (χ1v) is 14.8. The number of hydrogen-bond acceptors (Lipinski definition) is 2. The zero-order valence-corrected chi connectivity index (χ0v) is 23.2. The Bertz CT molecular complexity index is 2140. The monoisotopic (exact) mass is 536 g/mol. The van der Waals surface area contributed by atoms with Crippen LogP contribution in [0.15, 0.2) is 138 Å². The van der Waals surface area contributed by atoms with E-state index in [1.807, 2.05) is 18.6 Å². The Morgan fingerprint density at radius 2 is 1.24 bits per heavy atom. The summed E-state index contributed by atoms with van der Waals surface area (Å²) in [6, 6.07) is 35.9. The molecule has 1 aromatic heterocycles. The fourth-order valence-electron chi connectivity index (χ4n) is 7.08. The summed E-state index contributed by atoms with van der Waals surface area (Å²) in [5.41, 5.74) is 10.7. The van der Waals surface area contributed by atoms with Crippen LogP contribution in [0.25, 0.3) is 54.6 Å². The van der Waals surface area contributed by atoms with E-state index in [-0.39, 0.29) is 5.92 Å². The summed E-state index contributed by atoms with van der Waals surface area (Å²) >= 11 is 0. The van der Waals surface area contributed by atoms with Gasteiger partial charge in [0.15, 0.2) is 0 Å². The third kappa shape index (κ3) is 3.79. The zero-order valence-electron chi connectivity index (χ0n) is 23.2. The molecule has 1 fully saturated rings. The van der Waals surface area contributed by atoms with E-state index in [1.54, 1.807) is 5.57 Å². The van der Waals surface area contributed by atoms with E-state index < -0.39 is 0 Å². The Labute approximate surface area is 245 Å². The molecule has 2 aliphatic carbocycles. The zero-order chi connectivity index (χ0) is 27.6.